The third-order valence-corrected chi connectivity index (χ3v) is 4.61. The van der Waals surface area contributed by atoms with Crippen molar-refractivity contribution in [3.8, 4) is 0 Å². The van der Waals surface area contributed by atoms with Gasteiger partial charge in [0.25, 0.3) is 5.91 Å². The van der Waals surface area contributed by atoms with Gasteiger partial charge in [0.15, 0.2) is 5.09 Å². The molecule has 120 valence electrons. The van der Waals surface area contributed by atoms with Gasteiger partial charge in [-0.25, -0.2) is 5.43 Å². The van der Waals surface area contributed by atoms with Gasteiger partial charge in [0.1, 0.15) is 5.76 Å². The zero-order valence-electron chi connectivity index (χ0n) is 12.5. The first-order valence-electron chi connectivity index (χ1n) is 7.12. The van der Waals surface area contributed by atoms with Crippen LogP contribution in [0.3, 0.4) is 0 Å². The normalized spacial score (nSPS) is 10.9. The highest BCUT2D eigenvalue weighted by molar-refractivity contribution is 14.1. The fourth-order valence-electron chi connectivity index (χ4n) is 1.91. The molecule has 0 aliphatic heterocycles. The second-order valence-electron chi connectivity index (χ2n) is 4.78. The minimum absolute atomic E-state index is 0.254. The van der Waals surface area contributed by atoms with Crippen molar-refractivity contribution in [3.63, 3.8) is 0 Å². The van der Waals surface area contributed by atoms with E-state index < -0.39 is 0 Å². The number of hydrazone groups is 1. The van der Waals surface area contributed by atoms with Crippen LogP contribution in [0.1, 0.15) is 16.1 Å². The smallest absolute Gasteiger partial charge is 0.271 e. The van der Waals surface area contributed by atoms with Crippen LogP contribution in [0.4, 0.5) is 0 Å². The number of benzene rings is 2. The summed E-state index contributed by atoms with van der Waals surface area (Å²) in [5, 5.41) is 4.71. The van der Waals surface area contributed by atoms with E-state index in [1.54, 1.807) is 12.1 Å². The van der Waals surface area contributed by atoms with Crippen LogP contribution < -0.4 is 5.43 Å². The zero-order chi connectivity index (χ0) is 16.8. The molecule has 2 aromatic carbocycles. The molecule has 1 N–H and O–H groups in total. The Morgan fingerprint density at radius 3 is 2.71 bits per heavy atom. The Bertz CT molecular complexity index is 862. The van der Waals surface area contributed by atoms with Gasteiger partial charge in [-0.1, -0.05) is 36.0 Å². The molecule has 0 radical (unpaired) electrons. The lowest BCUT2D eigenvalue weighted by atomic mass is 10.2. The Morgan fingerprint density at radius 2 is 1.92 bits per heavy atom. The molecule has 0 aliphatic carbocycles. The summed E-state index contributed by atoms with van der Waals surface area (Å²) in [5.41, 5.74) is 3.06. The fraction of sp³-hybridized carbons (Fsp3) is 0. The highest BCUT2D eigenvalue weighted by Crippen LogP contribution is 2.28. The number of furan rings is 1. The lowest BCUT2D eigenvalue weighted by Crippen LogP contribution is -2.17. The van der Waals surface area contributed by atoms with Gasteiger partial charge in [-0.05, 0) is 65.1 Å². The number of hydrogen-bond acceptors (Lipinski definition) is 4. The molecule has 0 fully saturated rings. The minimum atomic E-state index is -0.254. The Balaban J connectivity index is 1.58. The summed E-state index contributed by atoms with van der Waals surface area (Å²) in [4.78, 5) is 13.1. The molecule has 0 bridgehead atoms. The van der Waals surface area contributed by atoms with E-state index in [9.17, 15) is 4.79 Å². The molecular formula is C18H13IN2O2S. The van der Waals surface area contributed by atoms with Crippen LogP contribution in [0.5, 0.6) is 0 Å². The molecule has 0 spiro atoms. The number of hydrogen-bond donors (Lipinski definition) is 1. The van der Waals surface area contributed by atoms with E-state index in [1.807, 2.05) is 54.6 Å². The number of carbonyl (C=O) groups is 1. The maximum atomic E-state index is 12.0. The van der Waals surface area contributed by atoms with Crippen LogP contribution in [-0.4, -0.2) is 12.1 Å². The molecule has 4 nitrogen and oxygen atoms in total. The van der Waals surface area contributed by atoms with Crippen molar-refractivity contribution in [1.82, 2.24) is 5.43 Å². The number of nitrogens with one attached hydrogen (secondary N) is 1. The Morgan fingerprint density at radius 1 is 1.08 bits per heavy atom. The largest absolute Gasteiger partial charge is 0.448 e. The molecule has 3 aromatic rings. The summed E-state index contributed by atoms with van der Waals surface area (Å²) in [6, 6.07) is 21.0. The van der Waals surface area contributed by atoms with Gasteiger partial charge < -0.3 is 4.42 Å². The quantitative estimate of drug-likeness (QED) is 0.347. The van der Waals surface area contributed by atoms with Gasteiger partial charge in [-0.15, -0.1) is 0 Å². The summed E-state index contributed by atoms with van der Waals surface area (Å²) in [6.07, 6.45) is 1.49. The van der Waals surface area contributed by atoms with Crippen molar-refractivity contribution >= 4 is 46.5 Å². The third kappa shape index (κ3) is 4.72. The molecule has 24 heavy (non-hydrogen) atoms. The molecule has 0 aliphatic rings. The first-order chi connectivity index (χ1) is 11.7. The van der Waals surface area contributed by atoms with Crippen molar-refractivity contribution in [2.75, 3.05) is 0 Å². The first kappa shape index (κ1) is 16.8. The van der Waals surface area contributed by atoms with Crippen molar-refractivity contribution < 1.29 is 9.21 Å². The predicted octanol–water partition coefficient (Wildman–Crippen LogP) is 4.80. The van der Waals surface area contributed by atoms with E-state index in [0.717, 1.165) is 13.6 Å². The van der Waals surface area contributed by atoms with E-state index in [-0.39, 0.29) is 5.91 Å². The molecule has 1 heterocycles. The van der Waals surface area contributed by atoms with E-state index in [0.29, 0.717) is 11.3 Å². The van der Waals surface area contributed by atoms with Gasteiger partial charge in [-0.2, -0.15) is 5.10 Å². The number of rotatable bonds is 5. The van der Waals surface area contributed by atoms with Gasteiger partial charge in [0.05, 0.1) is 6.21 Å². The van der Waals surface area contributed by atoms with Crippen LogP contribution >= 0.6 is 34.4 Å². The fourth-order valence-corrected chi connectivity index (χ4v) is 3.25. The lowest BCUT2D eigenvalue weighted by Gasteiger charge is -1.99. The number of halogens is 1. The zero-order valence-corrected chi connectivity index (χ0v) is 15.5. The highest BCUT2D eigenvalue weighted by atomic mass is 127. The predicted molar refractivity (Wildman–Crippen MR) is 103 cm³/mol. The number of nitrogens with zero attached hydrogens (tertiary/aromatic N) is 1. The molecule has 1 aromatic heterocycles. The molecule has 1 amide bonds. The molecule has 3 rings (SSSR count). The molecule has 0 saturated heterocycles. The average Bonchev–Trinajstić information content (AvgIpc) is 3.03. The van der Waals surface area contributed by atoms with E-state index in [1.165, 1.54) is 18.0 Å². The van der Waals surface area contributed by atoms with E-state index in [2.05, 4.69) is 33.1 Å². The summed E-state index contributed by atoms with van der Waals surface area (Å²) < 4.78 is 6.65. The van der Waals surface area contributed by atoms with Crippen molar-refractivity contribution in [1.29, 1.82) is 0 Å². The maximum Gasteiger partial charge on any atom is 0.271 e. The highest BCUT2D eigenvalue weighted by Gasteiger charge is 2.05. The second kappa shape index (κ2) is 8.16. The van der Waals surface area contributed by atoms with Crippen molar-refractivity contribution in [2.24, 2.45) is 5.10 Å². The van der Waals surface area contributed by atoms with Crippen LogP contribution in [0, 0.1) is 3.57 Å². The Kier molecular flexibility index (Phi) is 5.71. The number of amides is 1. The molecule has 0 unspecified atom stereocenters. The summed E-state index contributed by atoms with van der Waals surface area (Å²) in [7, 11) is 0. The first-order valence-corrected chi connectivity index (χ1v) is 9.02. The molecular weight excluding hydrogens is 435 g/mol. The third-order valence-electron chi connectivity index (χ3n) is 3.01. The molecule has 6 heteroatoms. The van der Waals surface area contributed by atoms with Crippen molar-refractivity contribution in [2.45, 2.75) is 9.99 Å². The molecule has 0 saturated carbocycles. The monoisotopic (exact) mass is 448 g/mol. The van der Waals surface area contributed by atoms with Gasteiger partial charge >= 0.3 is 0 Å². The number of carbonyl (C=O) groups excluding carboxylic acids is 1. The minimum Gasteiger partial charge on any atom is -0.448 e. The van der Waals surface area contributed by atoms with Crippen LogP contribution in [0.2, 0.25) is 0 Å². The van der Waals surface area contributed by atoms with Crippen molar-refractivity contribution in [3.05, 3.63) is 81.6 Å². The maximum absolute atomic E-state index is 12.0. The SMILES string of the molecule is O=C(N/N=C\c1ccc(Sc2ccccc2)o1)c1cccc(I)c1. The average molecular weight is 448 g/mol. The topological polar surface area (TPSA) is 54.6 Å². The molecule has 0 atom stereocenters. The lowest BCUT2D eigenvalue weighted by molar-refractivity contribution is 0.0955. The van der Waals surface area contributed by atoms with Gasteiger partial charge in [0, 0.05) is 14.0 Å². The van der Waals surface area contributed by atoms with Crippen LogP contribution in [-0.2, 0) is 0 Å². The van der Waals surface area contributed by atoms with E-state index >= 15 is 0 Å². The summed E-state index contributed by atoms with van der Waals surface area (Å²) >= 11 is 3.69. The second-order valence-corrected chi connectivity index (χ2v) is 7.10. The van der Waals surface area contributed by atoms with Gasteiger partial charge in [0.2, 0.25) is 0 Å². The Hall–Kier alpha value is -2.06. The Labute approximate surface area is 157 Å². The van der Waals surface area contributed by atoms with Crippen LogP contribution in [0.25, 0.3) is 0 Å². The summed E-state index contributed by atoms with van der Waals surface area (Å²) in [6.45, 7) is 0. The standard InChI is InChI=1S/C18H13IN2O2S/c19-14-6-4-5-13(11-14)18(22)21-20-12-15-9-10-17(23-15)24-16-7-2-1-3-8-16/h1-12H,(H,21,22)/b20-12-. The van der Waals surface area contributed by atoms with E-state index in [4.69, 9.17) is 4.42 Å². The van der Waals surface area contributed by atoms with Crippen LogP contribution in [0.15, 0.2) is 86.2 Å². The van der Waals surface area contributed by atoms with Gasteiger partial charge in [-0.3, -0.25) is 4.79 Å². The summed E-state index contributed by atoms with van der Waals surface area (Å²) in [5.74, 6) is 0.326.